The maximum absolute atomic E-state index is 12.1. The van der Waals surface area contributed by atoms with Gasteiger partial charge in [-0.25, -0.2) is 13.1 Å². The number of benzene rings is 1. The molecular formula is C15H15NO4S2. The van der Waals surface area contributed by atoms with Crippen molar-refractivity contribution < 1.29 is 17.6 Å². The first-order chi connectivity index (χ1) is 10.6. The summed E-state index contributed by atoms with van der Waals surface area (Å²) in [4.78, 5) is 0. The molecule has 0 spiro atoms. The number of ether oxygens (including phenoxy) is 1. The fraction of sp³-hybridized carbons (Fsp3) is 0.200. The lowest BCUT2D eigenvalue weighted by atomic mass is 10.2. The average molecular weight is 337 g/mol. The molecule has 1 aromatic carbocycles. The molecule has 2 aromatic heterocycles. The second kappa shape index (κ2) is 6.21. The summed E-state index contributed by atoms with van der Waals surface area (Å²) in [6.45, 7) is 0.108. The summed E-state index contributed by atoms with van der Waals surface area (Å²) < 4.78 is 38.2. The van der Waals surface area contributed by atoms with Crippen LogP contribution in [0.2, 0.25) is 0 Å². The quantitative estimate of drug-likeness (QED) is 0.750. The molecule has 0 radical (unpaired) electrons. The van der Waals surface area contributed by atoms with Gasteiger partial charge in [-0.05, 0) is 23.6 Å². The maximum atomic E-state index is 12.1. The smallest absolute Gasteiger partial charge is 0.250 e. The zero-order chi connectivity index (χ0) is 15.6. The van der Waals surface area contributed by atoms with E-state index in [9.17, 15) is 8.42 Å². The minimum atomic E-state index is -3.51. The fourth-order valence-electron chi connectivity index (χ4n) is 2.13. The predicted molar refractivity (Wildman–Crippen MR) is 85.5 cm³/mol. The Morgan fingerprint density at radius 1 is 1.27 bits per heavy atom. The van der Waals surface area contributed by atoms with Crippen molar-refractivity contribution >= 4 is 32.3 Å². The van der Waals surface area contributed by atoms with Gasteiger partial charge in [0.2, 0.25) is 10.0 Å². The zero-order valence-electron chi connectivity index (χ0n) is 11.9. The van der Waals surface area contributed by atoms with Gasteiger partial charge in [0, 0.05) is 19.0 Å². The molecule has 1 N–H and O–H groups in total. The van der Waals surface area contributed by atoms with Crippen molar-refractivity contribution in [3.8, 4) is 0 Å². The Labute approximate surface area is 132 Å². The number of methoxy groups -OCH3 is 1. The molecule has 0 saturated heterocycles. The van der Waals surface area contributed by atoms with E-state index in [1.807, 2.05) is 30.3 Å². The number of nitrogens with one attached hydrogen (secondary N) is 1. The number of furan rings is 1. The van der Waals surface area contributed by atoms with E-state index < -0.39 is 16.1 Å². The molecule has 0 unspecified atom stereocenters. The van der Waals surface area contributed by atoms with Gasteiger partial charge in [0.05, 0.1) is 0 Å². The van der Waals surface area contributed by atoms with E-state index in [0.717, 1.165) is 11.0 Å². The Balaban J connectivity index is 1.77. The molecule has 3 rings (SSSR count). The number of hydrogen-bond donors (Lipinski definition) is 1. The molecule has 3 aromatic rings. The molecule has 116 valence electrons. The number of thiophene rings is 1. The van der Waals surface area contributed by atoms with Gasteiger partial charge < -0.3 is 9.15 Å². The van der Waals surface area contributed by atoms with Gasteiger partial charge in [-0.2, -0.15) is 0 Å². The van der Waals surface area contributed by atoms with Crippen molar-refractivity contribution in [2.45, 2.75) is 10.3 Å². The molecule has 1 atom stereocenters. The first-order valence-corrected chi connectivity index (χ1v) is 9.01. The summed E-state index contributed by atoms with van der Waals surface area (Å²) in [6, 6.07) is 12.7. The summed E-state index contributed by atoms with van der Waals surface area (Å²) in [6.07, 6.45) is -0.484. The third-order valence-electron chi connectivity index (χ3n) is 3.27. The summed E-state index contributed by atoms with van der Waals surface area (Å²) in [5.41, 5.74) is 0.751. The normalized spacial score (nSPS) is 13.5. The van der Waals surface area contributed by atoms with Crippen LogP contribution in [-0.2, 0) is 14.8 Å². The average Bonchev–Trinajstić information content (AvgIpc) is 3.17. The van der Waals surface area contributed by atoms with Crippen molar-refractivity contribution in [1.82, 2.24) is 4.72 Å². The third kappa shape index (κ3) is 3.07. The second-order valence-corrected chi connectivity index (χ2v) is 7.64. The largest absolute Gasteiger partial charge is 0.458 e. The van der Waals surface area contributed by atoms with Gasteiger partial charge >= 0.3 is 0 Å². The number of fused-ring (bicyclic) bond motifs is 1. The van der Waals surface area contributed by atoms with E-state index in [2.05, 4.69) is 4.72 Å². The number of para-hydroxylation sites is 1. The van der Waals surface area contributed by atoms with Crippen LogP contribution < -0.4 is 4.72 Å². The Morgan fingerprint density at radius 2 is 2.09 bits per heavy atom. The lowest BCUT2D eigenvalue weighted by Gasteiger charge is -2.13. The molecule has 5 nitrogen and oxygen atoms in total. The highest BCUT2D eigenvalue weighted by Gasteiger charge is 2.21. The van der Waals surface area contributed by atoms with Crippen LogP contribution in [-0.4, -0.2) is 22.1 Å². The summed E-state index contributed by atoms with van der Waals surface area (Å²) >= 11 is 1.17. The monoisotopic (exact) mass is 337 g/mol. The number of hydrogen-bond acceptors (Lipinski definition) is 5. The Morgan fingerprint density at radius 3 is 2.77 bits per heavy atom. The van der Waals surface area contributed by atoms with Crippen molar-refractivity contribution in [3.63, 3.8) is 0 Å². The van der Waals surface area contributed by atoms with Crippen molar-refractivity contribution in [3.05, 3.63) is 53.6 Å². The van der Waals surface area contributed by atoms with E-state index in [-0.39, 0.29) is 10.8 Å². The highest BCUT2D eigenvalue weighted by Crippen LogP contribution is 2.25. The van der Waals surface area contributed by atoms with Gasteiger partial charge in [-0.1, -0.05) is 24.3 Å². The van der Waals surface area contributed by atoms with Gasteiger partial charge in [-0.15, -0.1) is 11.3 Å². The number of sulfonamides is 1. The van der Waals surface area contributed by atoms with E-state index in [1.54, 1.807) is 17.5 Å². The summed E-state index contributed by atoms with van der Waals surface area (Å²) in [7, 11) is -1.99. The lowest BCUT2D eigenvalue weighted by molar-refractivity contribution is 0.0894. The summed E-state index contributed by atoms with van der Waals surface area (Å²) in [5, 5.41) is 2.68. The van der Waals surface area contributed by atoms with Crippen LogP contribution in [0.15, 0.2) is 56.5 Å². The second-order valence-electron chi connectivity index (χ2n) is 4.69. The van der Waals surface area contributed by atoms with E-state index in [4.69, 9.17) is 9.15 Å². The first kappa shape index (κ1) is 15.2. The van der Waals surface area contributed by atoms with Gasteiger partial charge in [0.25, 0.3) is 0 Å². The molecule has 0 bridgehead atoms. The SMILES string of the molecule is CO[C@@H](CNS(=O)(=O)c1cccs1)c1cc2ccccc2o1. The summed E-state index contributed by atoms with van der Waals surface area (Å²) in [5.74, 6) is 0.595. The Kier molecular flexibility index (Phi) is 4.30. The molecule has 0 fully saturated rings. The highest BCUT2D eigenvalue weighted by molar-refractivity contribution is 7.91. The topological polar surface area (TPSA) is 68.5 Å². The Bertz CT molecular complexity index is 820. The van der Waals surface area contributed by atoms with Crippen molar-refractivity contribution in [2.75, 3.05) is 13.7 Å². The molecule has 22 heavy (non-hydrogen) atoms. The maximum Gasteiger partial charge on any atom is 0.250 e. The van der Waals surface area contributed by atoms with Crippen molar-refractivity contribution in [2.24, 2.45) is 0 Å². The van der Waals surface area contributed by atoms with Gasteiger partial charge in [0.15, 0.2) is 0 Å². The third-order valence-corrected chi connectivity index (χ3v) is 6.09. The standard InChI is InChI=1S/C15H15NO4S2/c1-19-14(10-16-22(17,18)15-7-4-8-21-15)13-9-11-5-2-3-6-12(11)20-13/h2-9,14,16H,10H2,1H3/t14-/m0/s1. The van der Waals surface area contributed by atoms with Crippen LogP contribution in [0.5, 0.6) is 0 Å². The zero-order valence-corrected chi connectivity index (χ0v) is 13.5. The Hall–Kier alpha value is -1.67. The molecule has 0 saturated carbocycles. The van der Waals surface area contributed by atoms with Crippen LogP contribution in [0.1, 0.15) is 11.9 Å². The first-order valence-electron chi connectivity index (χ1n) is 6.64. The highest BCUT2D eigenvalue weighted by atomic mass is 32.2. The van der Waals surface area contributed by atoms with Crippen LogP contribution in [0.3, 0.4) is 0 Å². The fourth-order valence-corrected chi connectivity index (χ4v) is 4.20. The molecule has 0 aliphatic carbocycles. The molecule has 0 aliphatic heterocycles. The van der Waals surface area contributed by atoms with Crippen LogP contribution in [0, 0.1) is 0 Å². The van der Waals surface area contributed by atoms with Crippen LogP contribution in [0.25, 0.3) is 11.0 Å². The molecule has 0 aliphatic rings. The minimum Gasteiger partial charge on any atom is -0.458 e. The van der Waals surface area contributed by atoms with E-state index >= 15 is 0 Å². The van der Waals surface area contributed by atoms with E-state index in [0.29, 0.717) is 5.76 Å². The van der Waals surface area contributed by atoms with Crippen molar-refractivity contribution in [1.29, 1.82) is 0 Å². The van der Waals surface area contributed by atoms with E-state index in [1.165, 1.54) is 18.4 Å². The van der Waals surface area contributed by atoms with Crippen LogP contribution in [0.4, 0.5) is 0 Å². The molecular weight excluding hydrogens is 322 g/mol. The lowest BCUT2D eigenvalue weighted by Crippen LogP contribution is -2.28. The molecule has 2 heterocycles. The van der Waals surface area contributed by atoms with Crippen LogP contribution >= 0.6 is 11.3 Å². The predicted octanol–water partition coefficient (Wildman–Crippen LogP) is 3.16. The van der Waals surface area contributed by atoms with Gasteiger partial charge in [0.1, 0.15) is 21.7 Å². The minimum absolute atomic E-state index is 0.108. The molecule has 0 amide bonds. The van der Waals surface area contributed by atoms with Gasteiger partial charge in [-0.3, -0.25) is 0 Å². The number of rotatable bonds is 6. The molecule has 7 heteroatoms.